The van der Waals surface area contributed by atoms with Gasteiger partial charge in [-0.25, -0.2) is 0 Å². The Morgan fingerprint density at radius 2 is 2.50 bits per heavy atom. The summed E-state index contributed by atoms with van der Waals surface area (Å²) in [6, 6.07) is 4.15. The van der Waals surface area contributed by atoms with Gasteiger partial charge in [-0.05, 0) is 25.0 Å². The molecule has 0 aromatic carbocycles. The summed E-state index contributed by atoms with van der Waals surface area (Å²) in [6.07, 6.45) is 3.84. The Labute approximate surface area is 60.1 Å². The highest BCUT2D eigenvalue weighted by molar-refractivity contribution is 5.09. The molecule has 0 radical (unpaired) electrons. The molecule has 1 aliphatic heterocycles. The summed E-state index contributed by atoms with van der Waals surface area (Å²) in [5, 5.41) is 9.25. The van der Waals surface area contributed by atoms with E-state index in [9.17, 15) is 5.11 Å². The lowest BCUT2D eigenvalue weighted by molar-refractivity contribution is 0.131. The summed E-state index contributed by atoms with van der Waals surface area (Å²) in [6.45, 7) is 0.780. The van der Waals surface area contributed by atoms with Crippen LogP contribution in [0.2, 0.25) is 0 Å². The number of hydrogen-bond acceptors (Lipinski definition) is 1. The summed E-state index contributed by atoms with van der Waals surface area (Å²) in [7, 11) is 0. The van der Waals surface area contributed by atoms with Gasteiger partial charge in [0.2, 0.25) is 0 Å². The van der Waals surface area contributed by atoms with Gasteiger partial charge in [0.15, 0.2) is 0 Å². The maximum Gasteiger partial charge on any atom is 0.0722 e. The lowest BCUT2D eigenvalue weighted by atomic mass is 10.1. The number of nitrogens with zero attached hydrogens (tertiary/aromatic N) is 1. The Kier molecular flexibility index (Phi) is 1.27. The third-order valence-corrected chi connectivity index (χ3v) is 2.06. The molecule has 0 fully saturated rings. The minimum atomic E-state index is -0.125. The van der Waals surface area contributed by atoms with Crippen LogP contribution in [-0.4, -0.2) is 15.8 Å². The van der Waals surface area contributed by atoms with Crippen LogP contribution >= 0.6 is 0 Å². The van der Waals surface area contributed by atoms with E-state index in [1.165, 1.54) is 5.69 Å². The van der Waals surface area contributed by atoms with Crippen molar-refractivity contribution in [3.8, 4) is 0 Å². The second kappa shape index (κ2) is 2.13. The predicted octanol–water partition coefficient (Wildman–Crippen LogP) is 0.795. The SMILES string of the molecule is O[C@H]1CCc2cccn2C1. The normalized spacial score (nSPS) is 24.3. The van der Waals surface area contributed by atoms with E-state index < -0.39 is 0 Å². The fourth-order valence-electron chi connectivity index (χ4n) is 1.49. The second-order valence-corrected chi connectivity index (χ2v) is 2.84. The molecule has 2 rings (SSSR count). The lowest BCUT2D eigenvalue weighted by Crippen LogP contribution is -2.23. The minimum Gasteiger partial charge on any atom is -0.391 e. The van der Waals surface area contributed by atoms with Crippen molar-refractivity contribution in [2.75, 3.05) is 0 Å². The van der Waals surface area contributed by atoms with Gasteiger partial charge in [-0.2, -0.15) is 0 Å². The average molecular weight is 137 g/mol. The smallest absolute Gasteiger partial charge is 0.0722 e. The van der Waals surface area contributed by atoms with Crippen molar-refractivity contribution < 1.29 is 5.11 Å². The number of aryl methyl sites for hydroxylation is 1. The monoisotopic (exact) mass is 137 g/mol. The van der Waals surface area contributed by atoms with Crippen molar-refractivity contribution in [3.05, 3.63) is 24.0 Å². The van der Waals surface area contributed by atoms with Crippen molar-refractivity contribution in [2.24, 2.45) is 0 Å². The predicted molar refractivity (Wildman–Crippen MR) is 38.8 cm³/mol. The molecule has 2 heterocycles. The van der Waals surface area contributed by atoms with Gasteiger partial charge < -0.3 is 9.67 Å². The topological polar surface area (TPSA) is 25.2 Å². The second-order valence-electron chi connectivity index (χ2n) is 2.84. The summed E-state index contributed by atoms with van der Waals surface area (Å²) in [4.78, 5) is 0. The van der Waals surface area contributed by atoms with Crippen molar-refractivity contribution >= 4 is 0 Å². The zero-order chi connectivity index (χ0) is 6.97. The number of hydrogen-bond donors (Lipinski definition) is 1. The lowest BCUT2D eigenvalue weighted by Gasteiger charge is -2.19. The van der Waals surface area contributed by atoms with Crippen LogP contribution in [0.3, 0.4) is 0 Å². The summed E-state index contributed by atoms with van der Waals surface area (Å²) < 4.78 is 2.12. The quantitative estimate of drug-likeness (QED) is 0.562. The zero-order valence-corrected chi connectivity index (χ0v) is 5.83. The van der Waals surface area contributed by atoms with Crippen LogP contribution in [0.1, 0.15) is 12.1 Å². The van der Waals surface area contributed by atoms with Crippen molar-refractivity contribution in [1.82, 2.24) is 4.57 Å². The molecule has 0 saturated heterocycles. The van der Waals surface area contributed by atoms with E-state index in [1.807, 2.05) is 12.3 Å². The first-order chi connectivity index (χ1) is 4.86. The molecule has 0 amide bonds. The molecular weight excluding hydrogens is 126 g/mol. The standard InChI is InChI=1S/C8H11NO/c10-8-4-3-7-2-1-5-9(7)6-8/h1-2,5,8,10H,3-4,6H2/t8-/m0/s1. The van der Waals surface area contributed by atoms with Crippen LogP contribution in [-0.2, 0) is 13.0 Å². The summed E-state index contributed by atoms with van der Waals surface area (Å²) >= 11 is 0. The minimum absolute atomic E-state index is 0.125. The Hall–Kier alpha value is -0.760. The molecule has 0 aliphatic carbocycles. The van der Waals surface area contributed by atoms with E-state index in [4.69, 9.17) is 0 Å². The Balaban J connectivity index is 2.30. The van der Waals surface area contributed by atoms with Crippen molar-refractivity contribution in [2.45, 2.75) is 25.5 Å². The molecular formula is C8H11NO. The fourth-order valence-corrected chi connectivity index (χ4v) is 1.49. The number of aliphatic hydroxyl groups is 1. The summed E-state index contributed by atoms with van der Waals surface area (Å²) in [5.41, 5.74) is 1.35. The van der Waals surface area contributed by atoms with Gasteiger partial charge >= 0.3 is 0 Å². The van der Waals surface area contributed by atoms with Crippen LogP contribution in [0.4, 0.5) is 0 Å². The number of fused-ring (bicyclic) bond motifs is 1. The third-order valence-electron chi connectivity index (χ3n) is 2.06. The van der Waals surface area contributed by atoms with E-state index in [2.05, 4.69) is 10.6 Å². The largest absolute Gasteiger partial charge is 0.391 e. The summed E-state index contributed by atoms with van der Waals surface area (Å²) in [5.74, 6) is 0. The zero-order valence-electron chi connectivity index (χ0n) is 5.83. The van der Waals surface area contributed by atoms with Crippen LogP contribution < -0.4 is 0 Å². The van der Waals surface area contributed by atoms with E-state index >= 15 is 0 Å². The van der Waals surface area contributed by atoms with Crippen LogP contribution in [0.15, 0.2) is 18.3 Å². The van der Waals surface area contributed by atoms with Gasteiger partial charge in [0.25, 0.3) is 0 Å². The molecule has 10 heavy (non-hydrogen) atoms. The molecule has 1 aliphatic rings. The highest BCUT2D eigenvalue weighted by Gasteiger charge is 2.13. The Morgan fingerprint density at radius 1 is 1.60 bits per heavy atom. The van der Waals surface area contributed by atoms with E-state index in [1.54, 1.807) is 0 Å². The first kappa shape index (κ1) is 5.98. The molecule has 1 N–H and O–H groups in total. The number of aliphatic hydroxyl groups excluding tert-OH is 1. The molecule has 1 aromatic heterocycles. The van der Waals surface area contributed by atoms with Crippen LogP contribution in [0.5, 0.6) is 0 Å². The molecule has 2 heteroatoms. The van der Waals surface area contributed by atoms with Gasteiger partial charge in [-0.3, -0.25) is 0 Å². The van der Waals surface area contributed by atoms with Gasteiger partial charge in [-0.1, -0.05) is 0 Å². The van der Waals surface area contributed by atoms with Crippen molar-refractivity contribution in [1.29, 1.82) is 0 Å². The van der Waals surface area contributed by atoms with E-state index in [0.717, 1.165) is 19.4 Å². The molecule has 0 saturated carbocycles. The van der Waals surface area contributed by atoms with E-state index in [-0.39, 0.29) is 6.10 Å². The van der Waals surface area contributed by atoms with Crippen LogP contribution in [0.25, 0.3) is 0 Å². The number of rotatable bonds is 0. The first-order valence-corrected chi connectivity index (χ1v) is 3.68. The Morgan fingerprint density at radius 3 is 3.40 bits per heavy atom. The first-order valence-electron chi connectivity index (χ1n) is 3.68. The van der Waals surface area contributed by atoms with E-state index in [0.29, 0.717) is 0 Å². The molecule has 54 valence electrons. The van der Waals surface area contributed by atoms with Crippen LogP contribution in [0, 0.1) is 0 Å². The molecule has 0 spiro atoms. The van der Waals surface area contributed by atoms with Crippen molar-refractivity contribution in [3.63, 3.8) is 0 Å². The number of aromatic nitrogens is 1. The maximum atomic E-state index is 9.25. The van der Waals surface area contributed by atoms with Gasteiger partial charge in [-0.15, -0.1) is 0 Å². The fraction of sp³-hybridized carbons (Fsp3) is 0.500. The maximum absolute atomic E-state index is 9.25. The average Bonchev–Trinajstić information content (AvgIpc) is 2.33. The molecule has 2 nitrogen and oxygen atoms in total. The third kappa shape index (κ3) is 0.847. The van der Waals surface area contributed by atoms with Gasteiger partial charge in [0.1, 0.15) is 0 Å². The highest BCUT2D eigenvalue weighted by Crippen LogP contribution is 2.14. The molecule has 1 atom stereocenters. The highest BCUT2D eigenvalue weighted by atomic mass is 16.3. The van der Waals surface area contributed by atoms with Gasteiger partial charge in [0.05, 0.1) is 6.10 Å². The Bertz CT molecular complexity index is 229. The molecule has 1 aromatic rings. The molecule has 0 bridgehead atoms. The molecule has 0 unspecified atom stereocenters. The van der Waals surface area contributed by atoms with Gasteiger partial charge in [0, 0.05) is 18.4 Å².